The predicted molar refractivity (Wildman–Crippen MR) is 126 cm³/mol. The number of carbonyl (C=O) groups excluding carboxylic acids is 2. The summed E-state index contributed by atoms with van der Waals surface area (Å²) in [4.78, 5) is 40.6. The Labute approximate surface area is 202 Å². The molecule has 6 rings (SSSR count). The maximum atomic E-state index is 13.5. The summed E-state index contributed by atoms with van der Waals surface area (Å²) in [5.41, 5.74) is 3.34. The summed E-state index contributed by atoms with van der Waals surface area (Å²) >= 11 is 1.27. The molecule has 178 valence electrons. The number of H-pyrrole nitrogens is 2. The molecule has 4 aromatic rings. The maximum Gasteiger partial charge on any atom is 0.357 e. The molecule has 3 aromatic heterocycles. The van der Waals surface area contributed by atoms with Gasteiger partial charge in [-0.3, -0.25) is 9.79 Å². The van der Waals surface area contributed by atoms with Crippen molar-refractivity contribution in [1.29, 1.82) is 0 Å². The number of nitrogens with zero attached hydrogens (tertiary/aromatic N) is 2. The standard InChI is InChI=1S/C24H20FN5O4S/c1-2-33-23(32)22-21-12(8-27-22)19(20-15(28-21)9-26-10-16(20)31)17-5-6-18(34-17)35-24-29-13-4-3-11(25)7-14(13)30-24/h3-8,19-20,26-27H,2,9-10H2,1H3,(H,29,30). The molecule has 0 bridgehead atoms. The molecular weight excluding hydrogens is 473 g/mol. The fourth-order valence-corrected chi connectivity index (χ4v) is 5.42. The molecule has 9 nitrogen and oxygen atoms in total. The molecular formula is C24H20FN5O4S. The summed E-state index contributed by atoms with van der Waals surface area (Å²) in [7, 11) is 0. The normalized spacial score (nSPS) is 19.4. The molecule has 5 heterocycles. The Balaban J connectivity index is 1.37. The predicted octanol–water partition coefficient (Wildman–Crippen LogP) is 3.96. The molecule has 2 aliphatic rings. The Hall–Kier alpha value is -3.70. The van der Waals surface area contributed by atoms with E-state index in [1.807, 2.05) is 12.1 Å². The van der Waals surface area contributed by atoms with Crippen molar-refractivity contribution in [2.75, 3.05) is 19.7 Å². The van der Waals surface area contributed by atoms with Gasteiger partial charge in [0.1, 0.15) is 11.6 Å². The maximum absolute atomic E-state index is 13.5. The second-order valence-corrected chi connectivity index (χ2v) is 9.27. The van der Waals surface area contributed by atoms with E-state index in [2.05, 4.69) is 25.3 Å². The van der Waals surface area contributed by atoms with Crippen molar-refractivity contribution in [3.05, 3.63) is 59.4 Å². The van der Waals surface area contributed by atoms with Crippen LogP contribution in [0, 0.1) is 11.7 Å². The summed E-state index contributed by atoms with van der Waals surface area (Å²) in [5, 5.41) is 4.20. The lowest BCUT2D eigenvalue weighted by molar-refractivity contribution is -0.121. The minimum atomic E-state index is -0.498. The van der Waals surface area contributed by atoms with Crippen molar-refractivity contribution in [3.8, 4) is 0 Å². The van der Waals surface area contributed by atoms with Gasteiger partial charge in [-0.15, -0.1) is 0 Å². The fourth-order valence-electron chi connectivity index (χ4n) is 4.65. The van der Waals surface area contributed by atoms with Crippen LogP contribution in [-0.4, -0.2) is 52.1 Å². The van der Waals surface area contributed by atoms with Gasteiger partial charge in [-0.25, -0.2) is 14.2 Å². The highest BCUT2D eigenvalue weighted by Crippen LogP contribution is 2.46. The Kier molecular flexibility index (Phi) is 5.30. The summed E-state index contributed by atoms with van der Waals surface area (Å²) in [6.45, 7) is 2.66. The van der Waals surface area contributed by atoms with E-state index in [0.717, 1.165) is 0 Å². The number of hydrogen-bond donors (Lipinski definition) is 3. The van der Waals surface area contributed by atoms with Crippen LogP contribution in [0.5, 0.6) is 0 Å². The van der Waals surface area contributed by atoms with Gasteiger partial charge >= 0.3 is 5.97 Å². The Morgan fingerprint density at radius 3 is 3.00 bits per heavy atom. The molecule has 0 saturated carbocycles. The van der Waals surface area contributed by atoms with Crippen molar-refractivity contribution in [1.82, 2.24) is 20.3 Å². The highest BCUT2D eigenvalue weighted by molar-refractivity contribution is 7.99. The molecule has 2 unspecified atom stereocenters. The van der Waals surface area contributed by atoms with Crippen LogP contribution in [0.15, 0.2) is 56.2 Å². The minimum Gasteiger partial charge on any atom is -0.461 e. The lowest BCUT2D eigenvalue weighted by Crippen LogP contribution is -2.48. The van der Waals surface area contributed by atoms with Crippen LogP contribution >= 0.6 is 11.8 Å². The van der Waals surface area contributed by atoms with E-state index >= 15 is 0 Å². The number of aromatic amines is 2. The summed E-state index contributed by atoms with van der Waals surface area (Å²) in [5.74, 6) is -1.18. The van der Waals surface area contributed by atoms with E-state index in [-0.39, 0.29) is 30.4 Å². The molecule has 0 amide bonds. The third kappa shape index (κ3) is 3.76. The molecule has 3 N–H and O–H groups in total. The highest BCUT2D eigenvalue weighted by Gasteiger charge is 2.44. The molecule has 0 radical (unpaired) electrons. The number of imidazole rings is 1. The molecule has 2 atom stereocenters. The quantitative estimate of drug-likeness (QED) is 0.359. The number of aromatic nitrogens is 3. The van der Waals surface area contributed by atoms with Crippen molar-refractivity contribution >= 4 is 45.9 Å². The van der Waals surface area contributed by atoms with Crippen molar-refractivity contribution in [2.24, 2.45) is 10.9 Å². The molecule has 0 spiro atoms. The number of fused-ring (bicyclic) bond motifs is 3. The van der Waals surface area contributed by atoms with E-state index in [1.54, 1.807) is 19.2 Å². The fraction of sp³-hybridized carbons (Fsp3) is 0.250. The van der Waals surface area contributed by atoms with Crippen LogP contribution < -0.4 is 5.32 Å². The molecule has 0 aliphatic carbocycles. The number of ether oxygens (including phenoxy) is 1. The largest absolute Gasteiger partial charge is 0.461 e. The SMILES string of the molecule is CCOC(=O)c1[nH]cc2c1N=C1CNCC(=O)C1C2c1ccc(Sc2nc3ccc(F)cc3[nH]2)o1. The van der Waals surface area contributed by atoms with Crippen LogP contribution in [0.2, 0.25) is 0 Å². The van der Waals surface area contributed by atoms with E-state index in [9.17, 15) is 14.0 Å². The first-order chi connectivity index (χ1) is 17.0. The van der Waals surface area contributed by atoms with Gasteiger partial charge in [-0.05, 0) is 49.0 Å². The first-order valence-corrected chi connectivity index (χ1v) is 12.0. The molecule has 1 fully saturated rings. The zero-order valence-electron chi connectivity index (χ0n) is 18.6. The number of nitrogens with one attached hydrogen (secondary N) is 3. The zero-order valence-corrected chi connectivity index (χ0v) is 19.4. The Morgan fingerprint density at radius 1 is 1.26 bits per heavy atom. The van der Waals surface area contributed by atoms with Gasteiger partial charge in [0.2, 0.25) is 0 Å². The molecule has 1 aromatic carbocycles. The zero-order chi connectivity index (χ0) is 24.1. The number of esters is 1. The second kappa shape index (κ2) is 8.51. The van der Waals surface area contributed by atoms with E-state index < -0.39 is 17.8 Å². The number of aliphatic imine (C=N–C) groups is 1. The molecule has 11 heteroatoms. The van der Waals surface area contributed by atoms with Gasteiger partial charge in [0, 0.05) is 24.0 Å². The number of halogens is 1. The molecule has 35 heavy (non-hydrogen) atoms. The summed E-state index contributed by atoms with van der Waals surface area (Å²) < 4.78 is 24.9. The number of rotatable bonds is 5. The van der Waals surface area contributed by atoms with E-state index in [1.165, 1.54) is 23.9 Å². The van der Waals surface area contributed by atoms with Crippen LogP contribution in [-0.2, 0) is 9.53 Å². The van der Waals surface area contributed by atoms with Crippen molar-refractivity contribution in [2.45, 2.75) is 23.1 Å². The third-order valence-electron chi connectivity index (χ3n) is 6.12. The number of hydrogen-bond acceptors (Lipinski definition) is 8. The average Bonchev–Trinajstić information content (AvgIpc) is 3.56. The number of benzene rings is 1. The number of Topliss-reactive ketones (excluding diaryl/α,β-unsaturated/α-hetero) is 1. The number of ketones is 1. The van der Waals surface area contributed by atoms with Crippen molar-refractivity contribution in [3.63, 3.8) is 0 Å². The highest BCUT2D eigenvalue weighted by atomic mass is 32.2. The average molecular weight is 494 g/mol. The third-order valence-corrected chi connectivity index (χ3v) is 6.93. The second-order valence-electron chi connectivity index (χ2n) is 8.28. The smallest absolute Gasteiger partial charge is 0.357 e. The Bertz CT molecular complexity index is 1500. The summed E-state index contributed by atoms with van der Waals surface area (Å²) in [6, 6.07) is 8.00. The van der Waals surface area contributed by atoms with Crippen LogP contribution in [0.3, 0.4) is 0 Å². The topological polar surface area (TPSA) is 125 Å². The lowest BCUT2D eigenvalue weighted by Gasteiger charge is -2.33. The van der Waals surface area contributed by atoms with E-state index in [0.29, 0.717) is 50.5 Å². The first-order valence-electron chi connectivity index (χ1n) is 11.1. The van der Waals surface area contributed by atoms with Gasteiger partial charge in [0.25, 0.3) is 0 Å². The first kappa shape index (κ1) is 21.8. The lowest BCUT2D eigenvalue weighted by atomic mass is 9.75. The van der Waals surface area contributed by atoms with Gasteiger partial charge in [-0.1, -0.05) is 0 Å². The van der Waals surface area contributed by atoms with Gasteiger partial charge in [0.15, 0.2) is 21.7 Å². The minimum absolute atomic E-state index is 0.00875. The van der Waals surface area contributed by atoms with Gasteiger partial charge in [0.05, 0.1) is 41.7 Å². The van der Waals surface area contributed by atoms with Crippen molar-refractivity contribution < 1.29 is 23.1 Å². The monoisotopic (exact) mass is 493 g/mol. The molecule has 2 aliphatic heterocycles. The number of piperidine rings is 1. The molecule has 1 saturated heterocycles. The number of furan rings is 1. The van der Waals surface area contributed by atoms with Gasteiger partial charge < -0.3 is 24.4 Å². The Morgan fingerprint density at radius 2 is 2.14 bits per heavy atom. The van der Waals surface area contributed by atoms with E-state index in [4.69, 9.17) is 9.15 Å². The number of carbonyl (C=O) groups is 2. The van der Waals surface area contributed by atoms with Crippen LogP contribution in [0.25, 0.3) is 11.0 Å². The van der Waals surface area contributed by atoms with Crippen LogP contribution in [0.1, 0.15) is 34.7 Å². The van der Waals surface area contributed by atoms with Crippen LogP contribution in [0.4, 0.5) is 10.1 Å². The summed E-state index contributed by atoms with van der Waals surface area (Å²) in [6.07, 6.45) is 1.70. The van der Waals surface area contributed by atoms with Gasteiger partial charge in [-0.2, -0.15) is 0 Å².